The lowest BCUT2D eigenvalue weighted by Gasteiger charge is -2.29. The smallest absolute Gasteiger partial charge is 0.148 e. The fourth-order valence-electron chi connectivity index (χ4n) is 1.66. The summed E-state index contributed by atoms with van der Waals surface area (Å²) in [5.74, 6) is 3.42. The zero-order chi connectivity index (χ0) is 15.2. The van der Waals surface area contributed by atoms with Gasteiger partial charge < -0.3 is 15.2 Å². The minimum Gasteiger partial charge on any atom is -0.481 e. The van der Waals surface area contributed by atoms with E-state index in [1.165, 1.54) is 0 Å². The number of rotatable bonds is 7. The van der Waals surface area contributed by atoms with Crippen LogP contribution < -0.4 is 10.1 Å². The van der Waals surface area contributed by atoms with Crippen LogP contribution in [0.25, 0.3) is 0 Å². The fraction of sp³-hybridized carbons (Fsp3) is 0.529. The normalized spacial score (nSPS) is 15.4. The number of hydrogen-bond acceptors (Lipinski definition) is 3. The van der Waals surface area contributed by atoms with E-state index in [1.54, 1.807) is 0 Å². The Labute approximate surface area is 122 Å². The molecule has 0 aromatic heterocycles. The van der Waals surface area contributed by atoms with Gasteiger partial charge in [-0.25, -0.2) is 0 Å². The lowest BCUT2D eigenvalue weighted by molar-refractivity contribution is 0.0122. The van der Waals surface area contributed by atoms with Crippen LogP contribution in [-0.2, 0) is 0 Å². The maximum Gasteiger partial charge on any atom is 0.148 e. The molecule has 0 aliphatic rings. The third-order valence-electron chi connectivity index (χ3n) is 3.71. The van der Waals surface area contributed by atoms with Crippen molar-refractivity contribution in [3.63, 3.8) is 0 Å². The first-order chi connectivity index (χ1) is 9.36. The van der Waals surface area contributed by atoms with Gasteiger partial charge in [-0.2, -0.15) is 0 Å². The van der Waals surface area contributed by atoms with Crippen molar-refractivity contribution in [2.45, 2.75) is 39.3 Å². The molecule has 0 saturated heterocycles. The van der Waals surface area contributed by atoms with Crippen molar-refractivity contribution in [1.29, 1.82) is 0 Å². The highest BCUT2D eigenvalue weighted by Gasteiger charge is 2.25. The molecule has 110 valence electrons. The molecule has 2 N–H and O–H groups in total. The summed E-state index contributed by atoms with van der Waals surface area (Å²) >= 11 is 0. The average Bonchev–Trinajstić information content (AvgIpc) is 2.43. The lowest BCUT2D eigenvalue weighted by Crippen LogP contribution is -2.42. The maximum atomic E-state index is 10.2. The van der Waals surface area contributed by atoms with Crippen LogP contribution in [0.2, 0.25) is 0 Å². The van der Waals surface area contributed by atoms with Crippen molar-refractivity contribution in [1.82, 2.24) is 5.32 Å². The minimum atomic E-state index is -0.704. The van der Waals surface area contributed by atoms with Gasteiger partial charge >= 0.3 is 0 Å². The molecule has 20 heavy (non-hydrogen) atoms. The molecule has 0 aliphatic heterocycles. The van der Waals surface area contributed by atoms with Gasteiger partial charge in [-0.15, -0.1) is 6.42 Å². The molecule has 0 radical (unpaired) electrons. The van der Waals surface area contributed by atoms with Gasteiger partial charge in [0.2, 0.25) is 0 Å². The van der Waals surface area contributed by atoms with Crippen molar-refractivity contribution >= 4 is 0 Å². The van der Waals surface area contributed by atoms with Crippen LogP contribution in [0.5, 0.6) is 5.75 Å². The van der Waals surface area contributed by atoms with E-state index in [4.69, 9.17) is 11.2 Å². The monoisotopic (exact) mass is 275 g/mol. The van der Waals surface area contributed by atoms with Gasteiger partial charge in [-0.3, -0.25) is 0 Å². The molecule has 0 spiro atoms. The SMILES string of the molecule is C#CCOc1ccc(C(C)NCC(C)(O)C(C)C)cc1. The molecule has 2 unspecified atom stereocenters. The molecule has 2 atom stereocenters. The molecule has 0 bridgehead atoms. The highest BCUT2D eigenvalue weighted by Crippen LogP contribution is 2.20. The van der Waals surface area contributed by atoms with Crippen molar-refractivity contribution in [3.8, 4) is 18.1 Å². The first-order valence-corrected chi connectivity index (χ1v) is 6.99. The predicted octanol–water partition coefficient (Wildman–Crippen LogP) is 2.76. The molecule has 1 rings (SSSR count). The van der Waals surface area contributed by atoms with Crippen LogP contribution in [0.15, 0.2) is 24.3 Å². The summed E-state index contributed by atoms with van der Waals surface area (Å²) in [6, 6.07) is 8.00. The standard InChI is InChI=1S/C17H25NO2/c1-6-11-20-16-9-7-15(8-10-16)14(4)18-12-17(5,19)13(2)3/h1,7-10,13-14,18-19H,11-12H2,2-5H3. The predicted molar refractivity (Wildman–Crippen MR) is 82.6 cm³/mol. The second-order valence-electron chi connectivity index (χ2n) is 5.68. The molecule has 3 nitrogen and oxygen atoms in total. The third-order valence-corrected chi connectivity index (χ3v) is 3.71. The fourth-order valence-corrected chi connectivity index (χ4v) is 1.66. The van der Waals surface area contributed by atoms with Crippen molar-refractivity contribution in [3.05, 3.63) is 29.8 Å². The first-order valence-electron chi connectivity index (χ1n) is 6.99. The van der Waals surface area contributed by atoms with Gasteiger partial charge in [0.25, 0.3) is 0 Å². The largest absolute Gasteiger partial charge is 0.481 e. The molecular formula is C17H25NO2. The Morgan fingerprint density at radius 2 is 1.90 bits per heavy atom. The van der Waals surface area contributed by atoms with Crippen LogP contribution >= 0.6 is 0 Å². The van der Waals surface area contributed by atoms with Gasteiger partial charge in [-0.05, 0) is 37.5 Å². The Morgan fingerprint density at radius 1 is 1.30 bits per heavy atom. The second kappa shape index (κ2) is 7.33. The first kappa shape index (κ1) is 16.6. The summed E-state index contributed by atoms with van der Waals surface area (Å²) in [5, 5.41) is 13.6. The molecular weight excluding hydrogens is 250 g/mol. The van der Waals surface area contributed by atoms with E-state index in [1.807, 2.05) is 45.0 Å². The van der Waals surface area contributed by atoms with Crippen molar-refractivity contribution < 1.29 is 9.84 Å². The highest BCUT2D eigenvalue weighted by atomic mass is 16.5. The van der Waals surface area contributed by atoms with Gasteiger partial charge in [-0.1, -0.05) is 31.9 Å². The van der Waals surface area contributed by atoms with E-state index >= 15 is 0 Å². The van der Waals surface area contributed by atoms with Gasteiger partial charge in [0.15, 0.2) is 0 Å². The van der Waals surface area contributed by atoms with Crippen LogP contribution in [0, 0.1) is 18.3 Å². The van der Waals surface area contributed by atoms with Crippen molar-refractivity contribution in [2.24, 2.45) is 5.92 Å². The average molecular weight is 275 g/mol. The van der Waals surface area contributed by atoms with E-state index in [2.05, 4.69) is 18.2 Å². The highest BCUT2D eigenvalue weighted by molar-refractivity contribution is 5.29. The molecule has 1 aromatic rings. The van der Waals surface area contributed by atoms with E-state index in [0.29, 0.717) is 6.54 Å². The third kappa shape index (κ3) is 4.88. The topological polar surface area (TPSA) is 41.5 Å². The summed E-state index contributed by atoms with van der Waals surface area (Å²) < 4.78 is 5.34. The zero-order valence-electron chi connectivity index (χ0n) is 12.8. The second-order valence-corrected chi connectivity index (χ2v) is 5.68. The number of hydrogen-bond donors (Lipinski definition) is 2. The molecule has 0 amide bonds. The maximum absolute atomic E-state index is 10.2. The molecule has 0 heterocycles. The zero-order valence-corrected chi connectivity index (χ0v) is 12.8. The van der Waals surface area contributed by atoms with Crippen molar-refractivity contribution in [2.75, 3.05) is 13.2 Å². The summed E-state index contributed by atoms with van der Waals surface area (Å²) in [5.41, 5.74) is 0.446. The Morgan fingerprint density at radius 3 is 2.40 bits per heavy atom. The van der Waals surface area contributed by atoms with Gasteiger partial charge in [0, 0.05) is 12.6 Å². The van der Waals surface area contributed by atoms with E-state index in [9.17, 15) is 5.11 Å². The summed E-state index contributed by atoms with van der Waals surface area (Å²) in [7, 11) is 0. The Balaban J connectivity index is 2.56. The van der Waals surface area contributed by atoms with Gasteiger partial charge in [0.1, 0.15) is 12.4 Å². The summed E-state index contributed by atoms with van der Waals surface area (Å²) in [6.07, 6.45) is 5.15. The summed E-state index contributed by atoms with van der Waals surface area (Å²) in [6.45, 7) is 8.81. The van der Waals surface area contributed by atoms with E-state index in [-0.39, 0.29) is 18.6 Å². The molecule has 0 saturated carbocycles. The van der Waals surface area contributed by atoms with E-state index < -0.39 is 5.60 Å². The number of ether oxygens (including phenoxy) is 1. The molecule has 0 fully saturated rings. The lowest BCUT2D eigenvalue weighted by atomic mass is 9.92. The number of benzene rings is 1. The van der Waals surface area contributed by atoms with Crippen LogP contribution in [-0.4, -0.2) is 23.9 Å². The van der Waals surface area contributed by atoms with E-state index in [0.717, 1.165) is 11.3 Å². The number of terminal acetylenes is 1. The Kier molecular flexibility index (Phi) is 6.06. The van der Waals surface area contributed by atoms with Crippen LogP contribution in [0.4, 0.5) is 0 Å². The molecule has 3 heteroatoms. The van der Waals surface area contributed by atoms with Gasteiger partial charge in [0.05, 0.1) is 5.60 Å². The minimum absolute atomic E-state index is 0.168. The quantitative estimate of drug-likeness (QED) is 0.752. The molecule has 1 aromatic carbocycles. The van der Waals surface area contributed by atoms with Crippen LogP contribution in [0.3, 0.4) is 0 Å². The molecule has 0 aliphatic carbocycles. The Hall–Kier alpha value is -1.50. The number of aliphatic hydroxyl groups is 1. The summed E-state index contributed by atoms with van der Waals surface area (Å²) in [4.78, 5) is 0. The number of nitrogens with one attached hydrogen (secondary N) is 1. The van der Waals surface area contributed by atoms with Crippen LogP contribution in [0.1, 0.15) is 39.3 Å². The Bertz CT molecular complexity index is 443.